The summed E-state index contributed by atoms with van der Waals surface area (Å²) in [4.78, 5) is 15.0. The summed E-state index contributed by atoms with van der Waals surface area (Å²) < 4.78 is 13.5. The van der Waals surface area contributed by atoms with Crippen LogP contribution < -0.4 is 5.32 Å². The van der Waals surface area contributed by atoms with E-state index >= 15 is 0 Å². The Hall–Kier alpha value is -2.62. The summed E-state index contributed by atoms with van der Waals surface area (Å²) in [6, 6.07) is 14.1. The molecule has 0 bridgehead atoms. The number of amides is 1. The van der Waals surface area contributed by atoms with E-state index < -0.39 is 5.82 Å². The minimum atomic E-state index is -0.497. The Kier molecular flexibility index (Phi) is 3.69. The third-order valence-corrected chi connectivity index (χ3v) is 3.44. The number of hydrogen-bond acceptors (Lipinski definition) is 1. The van der Waals surface area contributed by atoms with Crippen molar-refractivity contribution in [2.24, 2.45) is 0 Å². The Bertz CT molecular complexity index is 779. The second-order valence-electron chi connectivity index (χ2n) is 4.89. The van der Waals surface area contributed by atoms with Crippen LogP contribution in [0.4, 0.5) is 4.39 Å². The molecule has 0 aliphatic heterocycles. The molecule has 0 aliphatic rings. The number of aromatic amines is 1. The van der Waals surface area contributed by atoms with Gasteiger partial charge in [-0.2, -0.15) is 0 Å². The smallest absolute Gasteiger partial charge is 0.254 e. The number of halogens is 1. The number of benzene rings is 2. The molecule has 0 radical (unpaired) electrons. The van der Waals surface area contributed by atoms with E-state index in [0.29, 0.717) is 13.0 Å². The van der Waals surface area contributed by atoms with Gasteiger partial charge in [-0.3, -0.25) is 4.79 Å². The van der Waals surface area contributed by atoms with Gasteiger partial charge in [-0.05, 0) is 47.7 Å². The Morgan fingerprint density at radius 1 is 1.14 bits per heavy atom. The van der Waals surface area contributed by atoms with E-state index in [1.165, 1.54) is 12.1 Å². The molecule has 0 saturated heterocycles. The topological polar surface area (TPSA) is 44.9 Å². The largest absolute Gasteiger partial charge is 0.361 e. The Labute approximate surface area is 121 Å². The molecule has 1 heterocycles. The van der Waals surface area contributed by atoms with E-state index in [1.54, 1.807) is 12.1 Å². The minimum absolute atomic E-state index is 0.0820. The van der Waals surface area contributed by atoms with E-state index in [4.69, 9.17) is 0 Å². The number of fused-ring (bicyclic) bond motifs is 1. The van der Waals surface area contributed by atoms with Gasteiger partial charge in [-0.25, -0.2) is 4.39 Å². The van der Waals surface area contributed by atoms with Gasteiger partial charge in [0.05, 0.1) is 5.56 Å². The molecule has 2 N–H and O–H groups in total. The van der Waals surface area contributed by atoms with Gasteiger partial charge in [0.15, 0.2) is 0 Å². The highest BCUT2D eigenvalue weighted by Crippen LogP contribution is 2.14. The lowest BCUT2D eigenvalue weighted by atomic mass is 10.1. The summed E-state index contributed by atoms with van der Waals surface area (Å²) >= 11 is 0. The van der Waals surface area contributed by atoms with Crippen molar-refractivity contribution in [1.82, 2.24) is 10.3 Å². The lowest BCUT2D eigenvalue weighted by Gasteiger charge is -2.06. The van der Waals surface area contributed by atoms with Crippen LogP contribution in [-0.2, 0) is 6.42 Å². The first-order valence-electron chi connectivity index (χ1n) is 6.83. The molecule has 0 saturated carbocycles. The molecular formula is C17H15FN2O. The highest BCUT2D eigenvalue weighted by Gasteiger charge is 2.09. The van der Waals surface area contributed by atoms with Crippen LogP contribution in [0.1, 0.15) is 15.9 Å². The molecule has 21 heavy (non-hydrogen) atoms. The maximum absolute atomic E-state index is 13.5. The standard InChI is InChI=1S/C17H15FN2O/c18-15-4-2-1-3-14(15)17(21)20-9-7-12-5-6-16-13(11-12)8-10-19-16/h1-6,8,10-11,19H,7,9H2,(H,20,21). The lowest BCUT2D eigenvalue weighted by molar-refractivity contribution is 0.0950. The normalized spacial score (nSPS) is 10.7. The zero-order valence-electron chi connectivity index (χ0n) is 11.4. The van der Waals surface area contributed by atoms with Crippen LogP contribution >= 0.6 is 0 Å². The van der Waals surface area contributed by atoms with Crippen molar-refractivity contribution in [3.05, 3.63) is 71.7 Å². The zero-order valence-corrected chi connectivity index (χ0v) is 11.4. The van der Waals surface area contributed by atoms with Gasteiger partial charge in [-0.1, -0.05) is 18.2 Å². The zero-order chi connectivity index (χ0) is 14.7. The van der Waals surface area contributed by atoms with Crippen molar-refractivity contribution in [3.63, 3.8) is 0 Å². The van der Waals surface area contributed by atoms with E-state index in [1.807, 2.05) is 24.4 Å². The monoisotopic (exact) mass is 282 g/mol. The van der Waals surface area contributed by atoms with Gasteiger partial charge in [0, 0.05) is 18.3 Å². The summed E-state index contributed by atoms with van der Waals surface area (Å²) in [6.07, 6.45) is 2.61. The molecule has 0 fully saturated rings. The number of H-pyrrole nitrogens is 1. The molecule has 1 aromatic heterocycles. The highest BCUT2D eigenvalue weighted by molar-refractivity contribution is 5.94. The van der Waals surface area contributed by atoms with Crippen LogP contribution in [-0.4, -0.2) is 17.4 Å². The number of nitrogens with one attached hydrogen (secondary N) is 2. The van der Waals surface area contributed by atoms with E-state index in [0.717, 1.165) is 16.5 Å². The summed E-state index contributed by atoms with van der Waals surface area (Å²) in [6.45, 7) is 0.475. The van der Waals surface area contributed by atoms with Crippen molar-refractivity contribution in [2.75, 3.05) is 6.54 Å². The van der Waals surface area contributed by atoms with E-state index in [2.05, 4.69) is 16.4 Å². The number of aromatic nitrogens is 1. The fourth-order valence-electron chi connectivity index (χ4n) is 2.32. The molecule has 0 atom stereocenters. The molecule has 3 nitrogen and oxygen atoms in total. The van der Waals surface area contributed by atoms with Gasteiger partial charge in [0.25, 0.3) is 5.91 Å². The summed E-state index contributed by atoms with van der Waals surface area (Å²) in [5, 5.41) is 3.89. The first kappa shape index (κ1) is 13.4. The molecule has 3 aromatic rings. The highest BCUT2D eigenvalue weighted by atomic mass is 19.1. The summed E-state index contributed by atoms with van der Waals surface area (Å²) in [5.74, 6) is -0.875. The molecule has 106 valence electrons. The first-order chi connectivity index (χ1) is 10.2. The van der Waals surface area contributed by atoms with Gasteiger partial charge >= 0.3 is 0 Å². The van der Waals surface area contributed by atoms with Crippen LogP contribution in [0.25, 0.3) is 10.9 Å². The number of rotatable bonds is 4. The molecule has 0 spiro atoms. The average Bonchev–Trinajstić information content (AvgIpc) is 2.95. The molecule has 0 aliphatic carbocycles. The van der Waals surface area contributed by atoms with Crippen molar-refractivity contribution in [3.8, 4) is 0 Å². The minimum Gasteiger partial charge on any atom is -0.361 e. The van der Waals surface area contributed by atoms with Gasteiger partial charge < -0.3 is 10.3 Å². The Morgan fingerprint density at radius 2 is 2.00 bits per heavy atom. The third kappa shape index (κ3) is 2.94. The lowest BCUT2D eigenvalue weighted by Crippen LogP contribution is -2.26. The van der Waals surface area contributed by atoms with Crippen LogP contribution in [0.15, 0.2) is 54.7 Å². The van der Waals surface area contributed by atoms with Crippen LogP contribution in [0.2, 0.25) is 0 Å². The van der Waals surface area contributed by atoms with Crippen molar-refractivity contribution in [1.29, 1.82) is 0 Å². The van der Waals surface area contributed by atoms with E-state index in [-0.39, 0.29) is 11.5 Å². The van der Waals surface area contributed by atoms with Crippen molar-refractivity contribution < 1.29 is 9.18 Å². The maximum Gasteiger partial charge on any atom is 0.254 e. The van der Waals surface area contributed by atoms with Crippen LogP contribution in [0, 0.1) is 5.82 Å². The van der Waals surface area contributed by atoms with E-state index in [9.17, 15) is 9.18 Å². The number of carbonyl (C=O) groups is 1. The first-order valence-corrected chi connectivity index (χ1v) is 6.83. The quantitative estimate of drug-likeness (QED) is 0.758. The molecule has 2 aromatic carbocycles. The van der Waals surface area contributed by atoms with Crippen molar-refractivity contribution >= 4 is 16.8 Å². The molecule has 3 rings (SSSR count). The average molecular weight is 282 g/mol. The predicted molar refractivity (Wildman–Crippen MR) is 80.7 cm³/mol. The Morgan fingerprint density at radius 3 is 2.86 bits per heavy atom. The molecule has 4 heteroatoms. The SMILES string of the molecule is O=C(NCCc1ccc2[nH]ccc2c1)c1ccccc1F. The second-order valence-corrected chi connectivity index (χ2v) is 4.89. The van der Waals surface area contributed by atoms with Gasteiger partial charge in [-0.15, -0.1) is 0 Å². The maximum atomic E-state index is 13.5. The second kappa shape index (κ2) is 5.79. The van der Waals surface area contributed by atoms with Gasteiger partial charge in [0.2, 0.25) is 0 Å². The van der Waals surface area contributed by atoms with Crippen molar-refractivity contribution in [2.45, 2.75) is 6.42 Å². The fraction of sp³-hybridized carbons (Fsp3) is 0.118. The predicted octanol–water partition coefficient (Wildman–Crippen LogP) is 3.28. The number of carbonyl (C=O) groups excluding carboxylic acids is 1. The summed E-state index contributed by atoms with van der Waals surface area (Å²) in [7, 11) is 0. The summed E-state index contributed by atoms with van der Waals surface area (Å²) in [5.41, 5.74) is 2.31. The van der Waals surface area contributed by atoms with Gasteiger partial charge in [0.1, 0.15) is 5.82 Å². The van der Waals surface area contributed by atoms with Crippen LogP contribution in [0.5, 0.6) is 0 Å². The fourth-order valence-corrected chi connectivity index (χ4v) is 2.32. The Balaban J connectivity index is 1.60. The third-order valence-electron chi connectivity index (χ3n) is 3.44. The number of hydrogen-bond donors (Lipinski definition) is 2. The molecule has 0 unspecified atom stereocenters. The molecular weight excluding hydrogens is 267 g/mol. The van der Waals surface area contributed by atoms with Crippen LogP contribution in [0.3, 0.4) is 0 Å². The molecule has 1 amide bonds.